The molecule has 5 heteroatoms. The highest BCUT2D eigenvalue weighted by Crippen LogP contribution is 2.33. The fourth-order valence-corrected chi connectivity index (χ4v) is 2.57. The zero-order valence-electron chi connectivity index (χ0n) is 11.9. The first-order valence-corrected chi connectivity index (χ1v) is 6.85. The topological polar surface area (TPSA) is 80.7 Å². The second-order valence-electron chi connectivity index (χ2n) is 5.12. The largest absolute Gasteiger partial charge is 0.480 e. The van der Waals surface area contributed by atoms with Gasteiger partial charge in [-0.3, -0.25) is 9.59 Å². The van der Waals surface area contributed by atoms with Crippen LogP contribution in [-0.4, -0.2) is 10.9 Å². The number of furan rings is 1. The van der Waals surface area contributed by atoms with Crippen LogP contribution in [0.5, 0.6) is 5.95 Å². The quantitative estimate of drug-likeness (QED) is 0.800. The summed E-state index contributed by atoms with van der Waals surface area (Å²) < 4.78 is 10.7. The molecule has 5 nitrogen and oxygen atoms in total. The SMILES string of the molecule is CC(=O)CC(c1ccco1)c1c(O)oc2ccccc2c1=O. The lowest BCUT2D eigenvalue weighted by molar-refractivity contribution is -0.117. The molecule has 1 N–H and O–H groups in total. The molecule has 2 heterocycles. The van der Waals surface area contributed by atoms with E-state index in [4.69, 9.17) is 8.83 Å². The van der Waals surface area contributed by atoms with Gasteiger partial charge in [-0.05, 0) is 31.2 Å². The number of Topliss-reactive ketones (excluding diaryl/α,β-unsaturated/α-hetero) is 1. The Labute approximate surface area is 125 Å². The molecule has 0 aliphatic rings. The van der Waals surface area contributed by atoms with Crippen LogP contribution in [0.3, 0.4) is 0 Å². The summed E-state index contributed by atoms with van der Waals surface area (Å²) in [5.41, 5.74) is -0.0133. The Morgan fingerprint density at radius 1 is 1.23 bits per heavy atom. The third-order valence-electron chi connectivity index (χ3n) is 3.54. The molecule has 0 bridgehead atoms. The lowest BCUT2D eigenvalue weighted by Gasteiger charge is -2.14. The summed E-state index contributed by atoms with van der Waals surface area (Å²) in [6, 6.07) is 9.99. The van der Waals surface area contributed by atoms with Crippen LogP contribution in [0.4, 0.5) is 0 Å². The van der Waals surface area contributed by atoms with Gasteiger partial charge in [-0.15, -0.1) is 0 Å². The minimum absolute atomic E-state index is 0.0452. The van der Waals surface area contributed by atoms with Crippen molar-refractivity contribution < 1.29 is 18.7 Å². The summed E-state index contributed by atoms with van der Waals surface area (Å²) in [6.07, 6.45) is 1.51. The van der Waals surface area contributed by atoms with E-state index < -0.39 is 11.9 Å². The molecule has 3 aromatic rings. The molecule has 2 aromatic heterocycles. The van der Waals surface area contributed by atoms with Gasteiger partial charge >= 0.3 is 0 Å². The maximum Gasteiger partial charge on any atom is 0.290 e. The standard InChI is InChI=1S/C17H14O5/c1-10(18)9-12(13-7-4-8-21-13)15-16(19)11-5-2-3-6-14(11)22-17(15)20/h2-8,12,20H,9H2,1H3. The van der Waals surface area contributed by atoms with Gasteiger partial charge in [-0.2, -0.15) is 0 Å². The zero-order valence-corrected chi connectivity index (χ0v) is 11.9. The lowest BCUT2D eigenvalue weighted by Crippen LogP contribution is -2.16. The van der Waals surface area contributed by atoms with Gasteiger partial charge in [0, 0.05) is 6.42 Å². The van der Waals surface area contributed by atoms with Crippen LogP contribution in [0.25, 0.3) is 11.0 Å². The van der Waals surface area contributed by atoms with E-state index >= 15 is 0 Å². The maximum atomic E-state index is 12.7. The average Bonchev–Trinajstić information content (AvgIpc) is 3.00. The predicted octanol–water partition coefficient (Wildman–Crippen LogP) is 3.20. The average molecular weight is 298 g/mol. The van der Waals surface area contributed by atoms with Gasteiger partial charge < -0.3 is 13.9 Å². The van der Waals surface area contributed by atoms with Gasteiger partial charge in [0.25, 0.3) is 5.95 Å². The monoisotopic (exact) mass is 298 g/mol. The summed E-state index contributed by atoms with van der Waals surface area (Å²) >= 11 is 0. The molecule has 1 unspecified atom stereocenters. The van der Waals surface area contributed by atoms with Crippen molar-refractivity contribution in [1.82, 2.24) is 0 Å². The molecule has 22 heavy (non-hydrogen) atoms. The molecule has 0 radical (unpaired) electrons. The van der Waals surface area contributed by atoms with Crippen LogP contribution >= 0.6 is 0 Å². The second kappa shape index (κ2) is 5.52. The van der Waals surface area contributed by atoms with E-state index in [1.54, 1.807) is 36.4 Å². The first kappa shape index (κ1) is 14.1. The maximum absolute atomic E-state index is 12.7. The van der Waals surface area contributed by atoms with Gasteiger partial charge in [0.2, 0.25) is 5.43 Å². The van der Waals surface area contributed by atoms with Gasteiger partial charge in [-0.25, -0.2) is 0 Å². The number of hydrogen-bond acceptors (Lipinski definition) is 5. The molecular weight excluding hydrogens is 284 g/mol. The second-order valence-corrected chi connectivity index (χ2v) is 5.12. The Hall–Kier alpha value is -2.82. The number of benzene rings is 1. The van der Waals surface area contributed by atoms with Crippen LogP contribution < -0.4 is 5.43 Å². The summed E-state index contributed by atoms with van der Waals surface area (Å²) in [5, 5.41) is 10.5. The number of carbonyl (C=O) groups is 1. The van der Waals surface area contributed by atoms with E-state index in [1.165, 1.54) is 13.2 Å². The Bertz CT molecular complexity index is 874. The molecule has 3 rings (SSSR count). The highest BCUT2D eigenvalue weighted by molar-refractivity contribution is 5.80. The van der Waals surface area contributed by atoms with Crippen LogP contribution in [-0.2, 0) is 4.79 Å². The minimum atomic E-state index is -0.673. The number of ketones is 1. The van der Waals surface area contributed by atoms with E-state index in [0.717, 1.165) is 0 Å². The van der Waals surface area contributed by atoms with Crippen molar-refractivity contribution in [3.05, 3.63) is 64.2 Å². The van der Waals surface area contributed by atoms with Crippen LogP contribution in [0.15, 0.2) is 56.3 Å². The van der Waals surface area contributed by atoms with E-state index in [0.29, 0.717) is 16.7 Å². The Balaban J connectivity index is 2.26. The smallest absolute Gasteiger partial charge is 0.290 e. The van der Waals surface area contributed by atoms with Gasteiger partial charge in [0.15, 0.2) is 0 Å². The summed E-state index contributed by atoms with van der Waals surface area (Å²) in [4.78, 5) is 24.2. The number of aromatic hydroxyl groups is 1. The number of rotatable bonds is 4. The molecule has 0 saturated carbocycles. The summed E-state index contributed by atoms with van der Waals surface area (Å²) in [5.74, 6) is -0.832. The molecule has 0 aliphatic heterocycles. The lowest BCUT2D eigenvalue weighted by atomic mass is 9.91. The van der Waals surface area contributed by atoms with E-state index in [2.05, 4.69) is 0 Å². The van der Waals surface area contributed by atoms with E-state index in [9.17, 15) is 14.7 Å². The summed E-state index contributed by atoms with van der Waals surface area (Å²) in [6.45, 7) is 1.43. The Morgan fingerprint density at radius 3 is 2.68 bits per heavy atom. The number of para-hydroxylation sites is 1. The van der Waals surface area contributed by atoms with Crippen molar-refractivity contribution in [1.29, 1.82) is 0 Å². The first-order chi connectivity index (χ1) is 10.6. The van der Waals surface area contributed by atoms with Gasteiger partial charge in [0.05, 0.1) is 23.1 Å². The van der Waals surface area contributed by atoms with E-state index in [1.807, 2.05) is 0 Å². The Morgan fingerprint density at radius 2 is 2.00 bits per heavy atom. The van der Waals surface area contributed by atoms with Crippen molar-refractivity contribution in [3.63, 3.8) is 0 Å². The van der Waals surface area contributed by atoms with Gasteiger partial charge in [0.1, 0.15) is 17.1 Å². The van der Waals surface area contributed by atoms with Crippen LogP contribution in [0.2, 0.25) is 0 Å². The minimum Gasteiger partial charge on any atom is -0.480 e. The third-order valence-corrected chi connectivity index (χ3v) is 3.54. The number of carbonyl (C=O) groups excluding carboxylic acids is 1. The third kappa shape index (κ3) is 2.41. The van der Waals surface area contributed by atoms with Crippen molar-refractivity contribution in [2.45, 2.75) is 19.3 Å². The van der Waals surface area contributed by atoms with Crippen LogP contribution in [0, 0.1) is 0 Å². The summed E-state index contributed by atoms with van der Waals surface area (Å²) in [7, 11) is 0. The molecule has 1 atom stereocenters. The normalized spacial score (nSPS) is 12.4. The molecule has 0 spiro atoms. The molecular formula is C17H14O5. The van der Waals surface area contributed by atoms with Crippen molar-refractivity contribution >= 4 is 16.8 Å². The van der Waals surface area contributed by atoms with E-state index in [-0.39, 0.29) is 23.2 Å². The zero-order chi connectivity index (χ0) is 15.7. The highest BCUT2D eigenvalue weighted by atomic mass is 16.5. The predicted molar refractivity (Wildman–Crippen MR) is 80.0 cm³/mol. The van der Waals surface area contributed by atoms with Crippen molar-refractivity contribution in [3.8, 4) is 5.95 Å². The first-order valence-electron chi connectivity index (χ1n) is 6.85. The number of fused-ring (bicyclic) bond motifs is 1. The van der Waals surface area contributed by atoms with Crippen molar-refractivity contribution in [2.24, 2.45) is 0 Å². The van der Waals surface area contributed by atoms with Crippen LogP contribution in [0.1, 0.15) is 30.6 Å². The fraction of sp³-hybridized carbons (Fsp3) is 0.176. The van der Waals surface area contributed by atoms with Crippen molar-refractivity contribution in [2.75, 3.05) is 0 Å². The molecule has 0 fully saturated rings. The molecule has 0 saturated heterocycles. The van der Waals surface area contributed by atoms with Gasteiger partial charge in [-0.1, -0.05) is 12.1 Å². The molecule has 0 amide bonds. The fourth-order valence-electron chi connectivity index (χ4n) is 2.57. The molecule has 112 valence electrons. The molecule has 0 aliphatic carbocycles. The number of hydrogen-bond donors (Lipinski definition) is 1. The molecule has 1 aromatic carbocycles. The Kier molecular flexibility index (Phi) is 3.55. The highest BCUT2D eigenvalue weighted by Gasteiger charge is 2.27.